The van der Waals surface area contributed by atoms with Gasteiger partial charge < -0.3 is 19.9 Å². The van der Waals surface area contributed by atoms with E-state index >= 15 is 0 Å². The second-order valence-corrected chi connectivity index (χ2v) is 10.3. The van der Waals surface area contributed by atoms with Crippen LogP contribution in [-0.4, -0.2) is 56.0 Å². The number of pyridine rings is 2. The summed E-state index contributed by atoms with van der Waals surface area (Å²) in [5.41, 5.74) is 12.5. The first kappa shape index (κ1) is 23.0. The van der Waals surface area contributed by atoms with Crippen molar-refractivity contribution in [1.82, 2.24) is 23.8 Å². The second-order valence-electron chi connectivity index (χ2n) is 10.3. The molecule has 1 saturated heterocycles. The average Bonchev–Trinajstić information content (AvgIpc) is 3.56. The Morgan fingerprint density at radius 3 is 2.72 bits per heavy atom. The second kappa shape index (κ2) is 8.92. The maximum atomic E-state index is 13.3. The van der Waals surface area contributed by atoms with Crippen LogP contribution in [0.5, 0.6) is 5.88 Å². The number of carbonyl (C=O) groups excluding carboxylic acids is 1. The predicted octanol–water partition coefficient (Wildman–Crippen LogP) is 4.20. The number of aryl methyl sites for hydroxylation is 2. The number of hydrogen-bond donors (Lipinski definition) is 1. The number of nitrogens with zero attached hydrogens (tertiary/aromatic N) is 5. The van der Waals surface area contributed by atoms with Crippen LogP contribution in [0, 0.1) is 12.8 Å². The molecular formula is C28H34N6O2. The summed E-state index contributed by atoms with van der Waals surface area (Å²) in [5, 5.41) is 1.13. The Hall–Kier alpha value is -3.39. The fourth-order valence-corrected chi connectivity index (χ4v) is 5.47. The molecule has 0 spiro atoms. The summed E-state index contributed by atoms with van der Waals surface area (Å²) in [4.78, 5) is 25.2. The number of piperidine rings is 1. The van der Waals surface area contributed by atoms with E-state index in [1.54, 1.807) is 7.11 Å². The molecule has 0 bridgehead atoms. The van der Waals surface area contributed by atoms with E-state index in [0.29, 0.717) is 29.6 Å². The Balaban J connectivity index is 1.48. The maximum Gasteiger partial charge on any atom is 0.254 e. The molecule has 2 aliphatic rings. The lowest BCUT2D eigenvalue weighted by molar-refractivity contribution is 0.0708. The van der Waals surface area contributed by atoms with Crippen molar-refractivity contribution in [3.8, 4) is 17.3 Å². The molecule has 1 atom stereocenters. The number of aromatic nitrogens is 4. The highest BCUT2D eigenvalue weighted by Crippen LogP contribution is 2.37. The summed E-state index contributed by atoms with van der Waals surface area (Å²) < 4.78 is 10.1. The van der Waals surface area contributed by atoms with Crippen molar-refractivity contribution in [3.05, 3.63) is 47.3 Å². The molecule has 0 aromatic carbocycles. The van der Waals surface area contributed by atoms with Gasteiger partial charge in [0.2, 0.25) is 0 Å². The zero-order valence-corrected chi connectivity index (χ0v) is 21.3. The summed E-state index contributed by atoms with van der Waals surface area (Å²) in [6.45, 7) is 6.46. The van der Waals surface area contributed by atoms with E-state index in [1.165, 1.54) is 12.8 Å². The molecular weight excluding hydrogens is 452 g/mol. The molecule has 5 heterocycles. The predicted molar refractivity (Wildman–Crippen MR) is 140 cm³/mol. The summed E-state index contributed by atoms with van der Waals surface area (Å²) >= 11 is 0. The highest BCUT2D eigenvalue weighted by atomic mass is 16.5. The first-order chi connectivity index (χ1) is 17.5. The van der Waals surface area contributed by atoms with Gasteiger partial charge >= 0.3 is 0 Å². The maximum absolute atomic E-state index is 13.3. The minimum atomic E-state index is -0.0210. The van der Waals surface area contributed by atoms with Crippen molar-refractivity contribution < 1.29 is 9.53 Å². The standard InChI is InChI=1S/C28H34N6O2/c1-4-22-10-9-19-12-23(33(27(19)30-22)15-18-7-8-18)26-17(2)34-24(31-26)13-20(14-25(34)36-3)28(35)32-11-5-6-21(29)16-32/h9-10,12-14,18,21H,4-8,11,15-16,29H2,1-3H3. The number of rotatable bonds is 6. The van der Waals surface area contributed by atoms with Crippen molar-refractivity contribution in [1.29, 1.82) is 0 Å². The number of methoxy groups -OCH3 is 1. The van der Waals surface area contributed by atoms with Crippen LogP contribution in [-0.2, 0) is 13.0 Å². The third-order valence-electron chi connectivity index (χ3n) is 7.66. The monoisotopic (exact) mass is 486 g/mol. The molecule has 4 aromatic heterocycles. The van der Waals surface area contributed by atoms with E-state index < -0.39 is 0 Å². The van der Waals surface area contributed by atoms with Gasteiger partial charge in [-0.3, -0.25) is 9.20 Å². The van der Waals surface area contributed by atoms with E-state index in [4.69, 9.17) is 20.4 Å². The molecule has 2 N–H and O–H groups in total. The Morgan fingerprint density at radius 1 is 1.17 bits per heavy atom. The van der Waals surface area contributed by atoms with Crippen LogP contribution in [0.15, 0.2) is 30.3 Å². The van der Waals surface area contributed by atoms with Gasteiger partial charge in [0.15, 0.2) is 5.88 Å². The molecule has 2 fully saturated rings. The lowest BCUT2D eigenvalue weighted by Crippen LogP contribution is -2.45. The van der Waals surface area contributed by atoms with Crippen LogP contribution in [0.3, 0.4) is 0 Å². The van der Waals surface area contributed by atoms with E-state index in [9.17, 15) is 4.79 Å². The third-order valence-corrected chi connectivity index (χ3v) is 7.66. The molecule has 6 rings (SSSR count). The minimum Gasteiger partial charge on any atom is -0.482 e. The number of fused-ring (bicyclic) bond motifs is 2. The van der Waals surface area contributed by atoms with Crippen molar-refractivity contribution >= 4 is 22.6 Å². The van der Waals surface area contributed by atoms with Gasteiger partial charge in [-0.25, -0.2) is 9.97 Å². The average molecular weight is 487 g/mol. The third kappa shape index (κ3) is 3.93. The molecule has 8 heteroatoms. The molecule has 1 unspecified atom stereocenters. The lowest BCUT2D eigenvalue weighted by atomic mass is 10.1. The van der Waals surface area contributed by atoms with E-state index in [2.05, 4.69) is 36.6 Å². The first-order valence-electron chi connectivity index (χ1n) is 13.1. The van der Waals surface area contributed by atoms with Gasteiger partial charge in [0, 0.05) is 48.4 Å². The summed E-state index contributed by atoms with van der Waals surface area (Å²) in [6, 6.07) is 10.2. The Kier molecular flexibility index (Phi) is 5.71. The van der Waals surface area contributed by atoms with Crippen LogP contribution in [0.2, 0.25) is 0 Å². The molecule has 1 aliphatic heterocycles. The van der Waals surface area contributed by atoms with E-state index in [-0.39, 0.29) is 11.9 Å². The smallest absolute Gasteiger partial charge is 0.254 e. The Bertz CT molecular complexity index is 1460. The SMILES string of the molecule is CCc1ccc2cc(-c3nc4cc(C(=O)N5CCCC(N)C5)cc(OC)n4c3C)n(CC3CC3)c2n1. The highest BCUT2D eigenvalue weighted by Gasteiger charge is 2.28. The molecule has 188 valence electrons. The number of hydrogen-bond acceptors (Lipinski definition) is 5. The summed E-state index contributed by atoms with van der Waals surface area (Å²) in [5.74, 6) is 1.27. The number of likely N-dealkylation sites (tertiary alicyclic amines) is 1. The van der Waals surface area contributed by atoms with Gasteiger partial charge in [-0.2, -0.15) is 0 Å². The summed E-state index contributed by atoms with van der Waals surface area (Å²) in [7, 11) is 1.64. The first-order valence-corrected chi connectivity index (χ1v) is 13.1. The number of amides is 1. The fourth-order valence-electron chi connectivity index (χ4n) is 5.47. The minimum absolute atomic E-state index is 0.0210. The van der Waals surface area contributed by atoms with Gasteiger partial charge in [-0.15, -0.1) is 0 Å². The highest BCUT2D eigenvalue weighted by molar-refractivity contribution is 5.96. The van der Waals surface area contributed by atoms with Crippen molar-refractivity contribution in [2.45, 2.75) is 58.5 Å². The topological polar surface area (TPSA) is 90.7 Å². The quantitative estimate of drug-likeness (QED) is 0.441. The summed E-state index contributed by atoms with van der Waals surface area (Å²) in [6.07, 6.45) is 5.31. The van der Waals surface area contributed by atoms with Gasteiger partial charge in [-0.1, -0.05) is 6.92 Å². The molecule has 8 nitrogen and oxygen atoms in total. The number of carbonyl (C=O) groups is 1. The zero-order valence-electron chi connectivity index (χ0n) is 21.3. The normalized spacial score (nSPS) is 18.3. The van der Waals surface area contributed by atoms with Crippen molar-refractivity contribution in [3.63, 3.8) is 0 Å². The van der Waals surface area contributed by atoms with Gasteiger partial charge in [-0.05, 0) is 69.2 Å². The van der Waals surface area contributed by atoms with Crippen LogP contribution < -0.4 is 10.5 Å². The molecule has 1 amide bonds. The van der Waals surface area contributed by atoms with Crippen LogP contribution in [0.1, 0.15) is 54.4 Å². The van der Waals surface area contributed by atoms with E-state index in [0.717, 1.165) is 66.2 Å². The molecule has 1 saturated carbocycles. The number of imidazole rings is 1. The molecule has 1 aliphatic carbocycles. The zero-order chi connectivity index (χ0) is 25.0. The lowest BCUT2D eigenvalue weighted by Gasteiger charge is -2.30. The molecule has 4 aromatic rings. The van der Waals surface area contributed by atoms with Crippen LogP contribution in [0.25, 0.3) is 28.1 Å². The van der Waals surface area contributed by atoms with Crippen molar-refractivity contribution in [2.24, 2.45) is 11.7 Å². The number of ether oxygens (including phenoxy) is 1. The fraction of sp³-hybridized carbons (Fsp3) is 0.464. The molecule has 36 heavy (non-hydrogen) atoms. The van der Waals surface area contributed by atoms with Crippen molar-refractivity contribution in [2.75, 3.05) is 20.2 Å². The van der Waals surface area contributed by atoms with Crippen LogP contribution in [0.4, 0.5) is 0 Å². The molecule has 0 radical (unpaired) electrons. The van der Waals surface area contributed by atoms with Gasteiger partial charge in [0.25, 0.3) is 5.91 Å². The Morgan fingerprint density at radius 2 is 2.00 bits per heavy atom. The van der Waals surface area contributed by atoms with E-state index in [1.807, 2.05) is 21.4 Å². The largest absolute Gasteiger partial charge is 0.482 e. The van der Waals surface area contributed by atoms with Gasteiger partial charge in [0.05, 0.1) is 18.5 Å². The van der Waals surface area contributed by atoms with Crippen LogP contribution >= 0.6 is 0 Å². The Labute approximate surface area is 211 Å². The van der Waals surface area contributed by atoms with Gasteiger partial charge in [0.1, 0.15) is 17.0 Å². The number of nitrogens with two attached hydrogens (primary N) is 1.